The lowest BCUT2D eigenvalue weighted by atomic mass is 9.79. The van der Waals surface area contributed by atoms with Crippen molar-refractivity contribution in [3.05, 3.63) is 130 Å². The lowest BCUT2D eigenvalue weighted by molar-refractivity contribution is -0.141. The van der Waals surface area contributed by atoms with Gasteiger partial charge in [0.1, 0.15) is 12.4 Å². The van der Waals surface area contributed by atoms with Crippen molar-refractivity contribution >= 4 is 16.8 Å². The number of hydrogen-bond donors (Lipinski definition) is 0. The molecule has 1 fully saturated rings. The third-order valence-corrected chi connectivity index (χ3v) is 9.90. The van der Waals surface area contributed by atoms with Crippen LogP contribution in [0.1, 0.15) is 64.6 Å². The second-order valence-corrected chi connectivity index (χ2v) is 12.5. The highest BCUT2D eigenvalue weighted by atomic mass is 16.7. The van der Waals surface area contributed by atoms with E-state index in [0.717, 1.165) is 44.5 Å². The standard InChI is InChI=1S/C40H43NO3/c1-42-40(43-2)31-21-23-41(24-22-31)35-16-13-30(14-17-35)39-37(33-12-11-29-9-6-10-32(29)25-33)19-15-34-26-36(18-20-38(34)39)44-27-28-7-4-3-5-8-28/h3-5,7-8,11-14,16-18,20,25-26,31,40H,6,9-10,15,19,21-24,27H2,1-2H3. The number of methoxy groups -OCH3 is 2. The first-order valence-corrected chi connectivity index (χ1v) is 16.3. The second kappa shape index (κ2) is 13.0. The third kappa shape index (κ3) is 5.94. The normalized spacial score (nSPS) is 16.8. The topological polar surface area (TPSA) is 30.9 Å². The smallest absolute Gasteiger partial charge is 0.159 e. The Morgan fingerprint density at radius 1 is 0.705 bits per heavy atom. The van der Waals surface area contributed by atoms with Gasteiger partial charge in [-0.2, -0.15) is 0 Å². The van der Waals surface area contributed by atoms with E-state index in [9.17, 15) is 0 Å². The van der Waals surface area contributed by atoms with Gasteiger partial charge in [-0.05, 0) is 119 Å². The lowest BCUT2D eigenvalue weighted by Gasteiger charge is -2.36. The Bertz CT molecular complexity index is 1610. The molecule has 1 aliphatic heterocycles. The van der Waals surface area contributed by atoms with Gasteiger partial charge in [0, 0.05) is 38.9 Å². The van der Waals surface area contributed by atoms with Crippen molar-refractivity contribution in [3.8, 4) is 5.75 Å². The van der Waals surface area contributed by atoms with Gasteiger partial charge in [0.05, 0.1) is 0 Å². The molecule has 0 unspecified atom stereocenters. The number of anilines is 1. The molecule has 0 radical (unpaired) electrons. The number of aryl methyl sites for hydroxylation is 3. The van der Waals surface area contributed by atoms with Gasteiger partial charge in [-0.1, -0.05) is 66.7 Å². The number of nitrogens with zero attached hydrogens (tertiary/aromatic N) is 1. The number of benzene rings is 4. The van der Waals surface area contributed by atoms with Gasteiger partial charge in [-0.15, -0.1) is 0 Å². The van der Waals surface area contributed by atoms with Crippen molar-refractivity contribution in [1.82, 2.24) is 0 Å². The summed E-state index contributed by atoms with van der Waals surface area (Å²) in [5.41, 5.74) is 13.7. The molecular formula is C40H43NO3. The number of rotatable bonds is 9. The number of fused-ring (bicyclic) bond motifs is 2. The summed E-state index contributed by atoms with van der Waals surface area (Å²) in [5, 5.41) is 0. The molecule has 0 aromatic heterocycles. The molecule has 0 atom stereocenters. The fourth-order valence-corrected chi connectivity index (χ4v) is 7.53. The Morgan fingerprint density at radius 2 is 1.45 bits per heavy atom. The molecule has 2 aliphatic carbocycles. The third-order valence-electron chi connectivity index (χ3n) is 9.90. The largest absolute Gasteiger partial charge is 0.489 e. The van der Waals surface area contributed by atoms with Gasteiger partial charge in [0.2, 0.25) is 0 Å². The molecule has 1 saturated heterocycles. The minimum absolute atomic E-state index is 0.111. The van der Waals surface area contributed by atoms with Crippen LogP contribution in [-0.2, 0) is 35.3 Å². The van der Waals surface area contributed by atoms with Crippen molar-refractivity contribution in [2.24, 2.45) is 5.92 Å². The molecule has 0 spiro atoms. The Labute approximate surface area is 262 Å². The summed E-state index contributed by atoms with van der Waals surface area (Å²) >= 11 is 0. The van der Waals surface area contributed by atoms with Gasteiger partial charge in [0.25, 0.3) is 0 Å². The minimum atomic E-state index is -0.111. The van der Waals surface area contributed by atoms with Crippen LogP contribution >= 0.6 is 0 Å². The molecule has 4 nitrogen and oxygen atoms in total. The number of ether oxygens (including phenoxy) is 3. The van der Waals surface area contributed by atoms with Crippen molar-refractivity contribution in [3.63, 3.8) is 0 Å². The van der Waals surface area contributed by atoms with Crippen LogP contribution in [-0.4, -0.2) is 33.6 Å². The van der Waals surface area contributed by atoms with Crippen LogP contribution in [0.25, 0.3) is 11.1 Å². The molecular weight excluding hydrogens is 542 g/mol. The molecule has 226 valence electrons. The summed E-state index contributed by atoms with van der Waals surface area (Å²) in [6, 6.07) is 33.7. The Hall–Kier alpha value is -3.86. The quantitative estimate of drug-likeness (QED) is 0.184. The van der Waals surface area contributed by atoms with Crippen LogP contribution in [0.5, 0.6) is 5.75 Å². The predicted molar refractivity (Wildman–Crippen MR) is 179 cm³/mol. The van der Waals surface area contributed by atoms with Crippen molar-refractivity contribution < 1.29 is 14.2 Å². The monoisotopic (exact) mass is 585 g/mol. The molecule has 0 amide bonds. The maximum absolute atomic E-state index is 6.24. The summed E-state index contributed by atoms with van der Waals surface area (Å²) in [4.78, 5) is 2.50. The first-order valence-electron chi connectivity index (χ1n) is 16.3. The molecule has 0 N–H and O–H groups in total. The summed E-state index contributed by atoms with van der Waals surface area (Å²) in [7, 11) is 3.49. The number of hydrogen-bond acceptors (Lipinski definition) is 4. The molecule has 0 bridgehead atoms. The first-order chi connectivity index (χ1) is 21.7. The van der Waals surface area contributed by atoms with Gasteiger partial charge in [0.15, 0.2) is 6.29 Å². The van der Waals surface area contributed by atoms with Crippen molar-refractivity contribution in [2.45, 2.75) is 57.8 Å². The number of piperidine rings is 1. The van der Waals surface area contributed by atoms with Crippen LogP contribution in [0.15, 0.2) is 91.0 Å². The predicted octanol–water partition coefficient (Wildman–Crippen LogP) is 8.49. The zero-order valence-electron chi connectivity index (χ0n) is 26.1. The van der Waals surface area contributed by atoms with E-state index in [1.54, 1.807) is 14.2 Å². The highest BCUT2D eigenvalue weighted by Crippen LogP contribution is 2.43. The van der Waals surface area contributed by atoms with Crippen LogP contribution in [0.3, 0.4) is 0 Å². The van der Waals surface area contributed by atoms with E-state index >= 15 is 0 Å². The summed E-state index contributed by atoms with van der Waals surface area (Å²) in [6.07, 6.45) is 7.77. The van der Waals surface area contributed by atoms with Gasteiger partial charge < -0.3 is 19.1 Å². The number of allylic oxidation sites excluding steroid dienone is 1. The summed E-state index contributed by atoms with van der Waals surface area (Å²) < 4.78 is 17.3. The van der Waals surface area contributed by atoms with Crippen LogP contribution in [0, 0.1) is 5.92 Å². The average Bonchev–Trinajstić information content (AvgIpc) is 3.56. The van der Waals surface area contributed by atoms with Crippen LogP contribution < -0.4 is 9.64 Å². The van der Waals surface area contributed by atoms with Gasteiger partial charge in [-0.3, -0.25) is 0 Å². The van der Waals surface area contributed by atoms with E-state index in [4.69, 9.17) is 14.2 Å². The molecule has 4 aromatic rings. The molecule has 1 heterocycles. The van der Waals surface area contributed by atoms with Gasteiger partial charge in [-0.25, -0.2) is 0 Å². The van der Waals surface area contributed by atoms with E-state index in [0.29, 0.717) is 12.5 Å². The maximum atomic E-state index is 6.24. The van der Waals surface area contributed by atoms with E-state index in [1.165, 1.54) is 75.0 Å². The Balaban J connectivity index is 1.19. The highest BCUT2D eigenvalue weighted by molar-refractivity contribution is 6.01. The Morgan fingerprint density at radius 3 is 2.23 bits per heavy atom. The summed E-state index contributed by atoms with van der Waals surface area (Å²) in [5.74, 6) is 1.39. The second-order valence-electron chi connectivity index (χ2n) is 12.5. The summed E-state index contributed by atoms with van der Waals surface area (Å²) in [6.45, 7) is 2.62. The maximum Gasteiger partial charge on any atom is 0.159 e. The molecule has 44 heavy (non-hydrogen) atoms. The van der Waals surface area contributed by atoms with E-state index in [1.807, 2.05) is 6.07 Å². The minimum Gasteiger partial charge on any atom is -0.489 e. The molecule has 4 heteroatoms. The SMILES string of the molecule is COC(OC)C1CCN(c2ccc(C3=C(c4ccc5c(c4)CCC5)CCc4cc(OCc5ccccc5)ccc43)cc2)CC1. The average molecular weight is 586 g/mol. The fourth-order valence-electron chi connectivity index (χ4n) is 7.53. The fraction of sp³-hybridized carbons (Fsp3) is 0.350. The van der Waals surface area contributed by atoms with Gasteiger partial charge >= 0.3 is 0 Å². The molecule has 7 rings (SSSR count). The van der Waals surface area contributed by atoms with E-state index in [-0.39, 0.29) is 6.29 Å². The van der Waals surface area contributed by atoms with E-state index < -0.39 is 0 Å². The Kier molecular flexibility index (Phi) is 8.54. The van der Waals surface area contributed by atoms with Crippen LogP contribution in [0.2, 0.25) is 0 Å². The lowest BCUT2D eigenvalue weighted by Crippen LogP contribution is -2.39. The molecule has 4 aromatic carbocycles. The van der Waals surface area contributed by atoms with Crippen molar-refractivity contribution in [2.75, 3.05) is 32.2 Å². The molecule has 3 aliphatic rings. The van der Waals surface area contributed by atoms with E-state index in [2.05, 4.69) is 89.8 Å². The zero-order valence-corrected chi connectivity index (χ0v) is 26.1. The highest BCUT2D eigenvalue weighted by Gasteiger charge is 2.27. The van der Waals surface area contributed by atoms with Crippen LogP contribution in [0.4, 0.5) is 5.69 Å². The first kappa shape index (κ1) is 28.9. The van der Waals surface area contributed by atoms with Crippen molar-refractivity contribution in [1.29, 1.82) is 0 Å². The zero-order chi connectivity index (χ0) is 29.9. The molecule has 0 saturated carbocycles.